The SMILES string of the molecule is CNC(N)=NC(=O)c1cc2c(C(F)(F)F)cc(Oc3ccc(CN(C)C)cc3)cc2[nH]1. The number of nitrogens with two attached hydrogens (primary N) is 1. The van der Waals surface area contributed by atoms with Crippen molar-refractivity contribution in [3.63, 3.8) is 0 Å². The largest absolute Gasteiger partial charge is 0.457 e. The van der Waals surface area contributed by atoms with E-state index in [4.69, 9.17) is 10.5 Å². The Bertz CT molecular complexity index is 1120. The van der Waals surface area contributed by atoms with Crippen molar-refractivity contribution in [1.29, 1.82) is 0 Å². The number of aromatic amines is 1. The van der Waals surface area contributed by atoms with E-state index < -0.39 is 17.6 Å². The number of aliphatic imine (C=N–C) groups is 1. The minimum absolute atomic E-state index is 0.0146. The number of fused-ring (bicyclic) bond motifs is 1. The van der Waals surface area contributed by atoms with Gasteiger partial charge in [0.2, 0.25) is 0 Å². The summed E-state index contributed by atoms with van der Waals surface area (Å²) >= 11 is 0. The highest BCUT2D eigenvalue weighted by atomic mass is 19.4. The standard InChI is InChI=1S/C21H22F3N5O2/c1-26-20(25)28-19(30)18-10-15-16(21(22,23)24)8-14(9-17(15)27-18)31-13-6-4-12(5-7-13)11-29(2)3/h4-10,27H,11H2,1-3H3,(H3,25,26,28,30). The summed E-state index contributed by atoms with van der Waals surface area (Å²) in [5, 5.41) is 2.31. The normalized spacial score (nSPS) is 12.4. The van der Waals surface area contributed by atoms with E-state index in [-0.39, 0.29) is 28.3 Å². The second-order valence-electron chi connectivity index (χ2n) is 7.15. The number of benzene rings is 2. The van der Waals surface area contributed by atoms with Crippen molar-refractivity contribution >= 4 is 22.8 Å². The van der Waals surface area contributed by atoms with Crippen LogP contribution in [0.25, 0.3) is 10.9 Å². The molecule has 0 bridgehead atoms. The zero-order chi connectivity index (χ0) is 22.8. The van der Waals surface area contributed by atoms with Crippen molar-refractivity contribution < 1.29 is 22.7 Å². The molecule has 0 fully saturated rings. The molecule has 0 saturated heterocycles. The molecule has 0 spiro atoms. The van der Waals surface area contributed by atoms with Crippen LogP contribution in [0.15, 0.2) is 47.5 Å². The van der Waals surface area contributed by atoms with Crippen molar-refractivity contribution in [1.82, 2.24) is 15.2 Å². The average molecular weight is 433 g/mol. The van der Waals surface area contributed by atoms with Gasteiger partial charge in [0.1, 0.15) is 17.2 Å². The monoisotopic (exact) mass is 433 g/mol. The van der Waals surface area contributed by atoms with Crippen molar-refractivity contribution in [2.75, 3.05) is 21.1 Å². The highest BCUT2D eigenvalue weighted by molar-refractivity contribution is 6.04. The Morgan fingerprint density at radius 2 is 1.84 bits per heavy atom. The molecule has 1 heterocycles. The van der Waals surface area contributed by atoms with Gasteiger partial charge in [0.25, 0.3) is 5.91 Å². The van der Waals surface area contributed by atoms with Gasteiger partial charge in [0.05, 0.1) is 11.1 Å². The van der Waals surface area contributed by atoms with Crippen LogP contribution in [0, 0.1) is 0 Å². The topological polar surface area (TPSA) is 95.7 Å². The number of carbonyl (C=O) groups is 1. The summed E-state index contributed by atoms with van der Waals surface area (Å²) in [4.78, 5) is 20.4. The van der Waals surface area contributed by atoms with Crippen LogP contribution >= 0.6 is 0 Å². The number of ether oxygens (including phenoxy) is 1. The summed E-state index contributed by atoms with van der Waals surface area (Å²) in [5.74, 6) is -0.569. The number of nitrogens with zero attached hydrogens (tertiary/aromatic N) is 2. The van der Waals surface area contributed by atoms with E-state index >= 15 is 0 Å². The Kier molecular flexibility index (Phi) is 6.21. The van der Waals surface area contributed by atoms with Gasteiger partial charge in [-0.2, -0.15) is 18.2 Å². The number of aromatic nitrogens is 1. The van der Waals surface area contributed by atoms with E-state index in [0.29, 0.717) is 5.75 Å². The maximum absolute atomic E-state index is 13.7. The molecule has 10 heteroatoms. The maximum atomic E-state index is 13.7. The third kappa shape index (κ3) is 5.34. The maximum Gasteiger partial charge on any atom is 0.417 e. The molecule has 0 aliphatic rings. The number of halogens is 3. The smallest absolute Gasteiger partial charge is 0.417 e. The summed E-state index contributed by atoms with van der Waals surface area (Å²) in [6.07, 6.45) is -4.65. The van der Waals surface area contributed by atoms with Crippen LogP contribution in [0.4, 0.5) is 13.2 Å². The molecule has 7 nitrogen and oxygen atoms in total. The number of amides is 1. The van der Waals surface area contributed by atoms with Crippen LogP contribution in [-0.4, -0.2) is 42.9 Å². The summed E-state index contributed by atoms with van der Waals surface area (Å²) in [6.45, 7) is 0.726. The third-order valence-electron chi connectivity index (χ3n) is 4.38. The first-order chi connectivity index (χ1) is 14.6. The lowest BCUT2D eigenvalue weighted by atomic mass is 10.1. The van der Waals surface area contributed by atoms with Crippen LogP contribution < -0.4 is 15.8 Å². The molecule has 0 unspecified atom stereocenters. The minimum Gasteiger partial charge on any atom is -0.457 e. The molecule has 2 aromatic carbocycles. The minimum atomic E-state index is -4.65. The number of hydrogen-bond acceptors (Lipinski definition) is 3. The predicted octanol–water partition coefficient (Wildman–Crippen LogP) is 3.71. The summed E-state index contributed by atoms with van der Waals surface area (Å²) in [5.41, 5.74) is 5.54. The first kappa shape index (κ1) is 22.2. The first-order valence-electron chi connectivity index (χ1n) is 9.28. The molecule has 164 valence electrons. The fraction of sp³-hybridized carbons (Fsp3) is 0.238. The lowest BCUT2D eigenvalue weighted by molar-refractivity contribution is -0.136. The van der Waals surface area contributed by atoms with Crippen LogP contribution in [0.2, 0.25) is 0 Å². The number of H-pyrrole nitrogens is 1. The fourth-order valence-electron chi connectivity index (χ4n) is 3.01. The van der Waals surface area contributed by atoms with Crippen molar-refractivity contribution in [3.05, 3.63) is 59.3 Å². The van der Waals surface area contributed by atoms with Gasteiger partial charge in [-0.3, -0.25) is 4.79 Å². The van der Waals surface area contributed by atoms with E-state index in [1.54, 1.807) is 12.1 Å². The Hall–Kier alpha value is -3.53. The number of hydrogen-bond donors (Lipinski definition) is 3. The first-order valence-corrected chi connectivity index (χ1v) is 9.28. The lowest BCUT2D eigenvalue weighted by Gasteiger charge is -2.13. The van der Waals surface area contributed by atoms with Crippen LogP contribution in [-0.2, 0) is 12.7 Å². The van der Waals surface area contributed by atoms with E-state index in [9.17, 15) is 18.0 Å². The van der Waals surface area contributed by atoms with Crippen LogP contribution in [0.1, 0.15) is 21.6 Å². The van der Waals surface area contributed by atoms with E-state index in [0.717, 1.165) is 24.2 Å². The van der Waals surface area contributed by atoms with Crippen LogP contribution in [0.3, 0.4) is 0 Å². The molecule has 1 amide bonds. The molecule has 0 aliphatic heterocycles. The second-order valence-corrected chi connectivity index (χ2v) is 7.15. The van der Waals surface area contributed by atoms with Gasteiger partial charge < -0.3 is 25.7 Å². The zero-order valence-corrected chi connectivity index (χ0v) is 17.2. The van der Waals surface area contributed by atoms with Crippen molar-refractivity contribution in [2.24, 2.45) is 10.7 Å². The van der Waals surface area contributed by atoms with E-state index in [1.165, 1.54) is 13.1 Å². The lowest BCUT2D eigenvalue weighted by Crippen LogP contribution is -2.28. The van der Waals surface area contributed by atoms with Gasteiger partial charge in [-0.25, -0.2) is 0 Å². The van der Waals surface area contributed by atoms with Gasteiger partial charge in [-0.15, -0.1) is 0 Å². The van der Waals surface area contributed by atoms with E-state index in [2.05, 4.69) is 15.3 Å². The molecular formula is C21H22F3N5O2. The molecule has 31 heavy (non-hydrogen) atoms. The molecule has 3 rings (SSSR count). The summed E-state index contributed by atoms with van der Waals surface area (Å²) in [7, 11) is 5.34. The Morgan fingerprint density at radius 3 is 2.42 bits per heavy atom. The average Bonchev–Trinajstić information content (AvgIpc) is 3.11. The summed E-state index contributed by atoms with van der Waals surface area (Å²) < 4.78 is 46.7. The molecule has 0 aliphatic carbocycles. The molecule has 4 N–H and O–H groups in total. The molecule has 0 radical (unpaired) electrons. The Balaban J connectivity index is 1.98. The highest BCUT2D eigenvalue weighted by Crippen LogP contribution is 2.39. The predicted molar refractivity (Wildman–Crippen MR) is 112 cm³/mol. The van der Waals surface area contributed by atoms with Gasteiger partial charge in [0.15, 0.2) is 5.96 Å². The number of carbonyl (C=O) groups excluding carboxylic acids is 1. The van der Waals surface area contributed by atoms with Crippen molar-refractivity contribution in [3.8, 4) is 11.5 Å². The third-order valence-corrected chi connectivity index (χ3v) is 4.38. The fourth-order valence-corrected chi connectivity index (χ4v) is 3.01. The highest BCUT2D eigenvalue weighted by Gasteiger charge is 2.34. The van der Waals surface area contributed by atoms with Crippen molar-refractivity contribution in [2.45, 2.75) is 12.7 Å². The number of nitrogens with one attached hydrogen (secondary N) is 2. The molecule has 1 aromatic heterocycles. The number of rotatable bonds is 5. The zero-order valence-electron chi connectivity index (χ0n) is 17.2. The van der Waals surface area contributed by atoms with Gasteiger partial charge in [-0.05, 0) is 43.9 Å². The molecule has 0 atom stereocenters. The van der Waals surface area contributed by atoms with Crippen LogP contribution in [0.5, 0.6) is 11.5 Å². The number of guanidine groups is 1. The molecule has 3 aromatic rings. The molecule has 0 saturated carbocycles. The quantitative estimate of drug-likeness (QED) is 0.421. The Morgan fingerprint density at radius 1 is 1.16 bits per heavy atom. The van der Waals surface area contributed by atoms with E-state index in [1.807, 2.05) is 31.1 Å². The van der Waals surface area contributed by atoms with Gasteiger partial charge in [-0.1, -0.05) is 12.1 Å². The van der Waals surface area contributed by atoms with Gasteiger partial charge >= 0.3 is 6.18 Å². The summed E-state index contributed by atoms with van der Waals surface area (Å²) in [6, 6.07) is 10.5. The second kappa shape index (κ2) is 8.68. The van der Waals surface area contributed by atoms with Gasteiger partial charge in [0, 0.05) is 25.0 Å². The molecular weight excluding hydrogens is 411 g/mol. The number of alkyl halides is 3. The Labute approximate surface area is 176 Å².